The van der Waals surface area contributed by atoms with Crippen molar-refractivity contribution in [2.24, 2.45) is 13.0 Å². The second kappa shape index (κ2) is 6.93. The molecule has 1 N–H and O–H groups in total. The largest absolute Gasteiger partial charge is 0.317 e. The van der Waals surface area contributed by atoms with E-state index in [9.17, 15) is 0 Å². The second-order valence-corrected chi connectivity index (χ2v) is 5.63. The van der Waals surface area contributed by atoms with E-state index in [1.807, 2.05) is 17.9 Å². The Morgan fingerprint density at radius 3 is 2.61 bits per heavy atom. The van der Waals surface area contributed by atoms with Gasteiger partial charge in [-0.2, -0.15) is 5.10 Å². The van der Waals surface area contributed by atoms with Crippen LogP contribution in [0.4, 0.5) is 0 Å². The molecule has 18 heavy (non-hydrogen) atoms. The first kappa shape index (κ1) is 13.6. The number of aromatic nitrogens is 2. The van der Waals surface area contributed by atoms with Gasteiger partial charge >= 0.3 is 0 Å². The van der Waals surface area contributed by atoms with E-state index in [1.54, 1.807) is 0 Å². The highest BCUT2D eigenvalue weighted by atomic mass is 15.2. The summed E-state index contributed by atoms with van der Waals surface area (Å²) in [7, 11) is 4.16. The second-order valence-electron chi connectivity index (χ2n) is 5.63. The lowest BCUT2D eigenvalue weighted by atomic mass is 9.88. The van der Waals surface area contributed by atoms with Crippen LogP contribution in [0.5, 0.6) is 0 Å². The van der Waals surface area contributed by atoms with Gasteiger partial charge in [-0.3, -0.25) is 4.68 Å². The van der Waals surface area contributed by atoms with E-state index in [0.29, 0.717) is 6.04 Å². The first-order valence-electron chi connectivity index (χ1n) is 7.45. The van der Waals surface area contributed by atoms with E-state index in [2.05, 4.69) is 23.5 Å². The summed E-state index contributed by atoms with van der Waals surface area (Å²) in [6.45, 7) is 0. The fourth-order valence-corrected chi connectivity index (χ4v) is 3.28. The Bertz CT molecular complexity index is 337. The van der Waals surface area contributed by atoms with Crippen molar-refractivity contribution in [1.29, 1.82) is 0 Å². The quantitative estimate of drug-likeness (QED) is 0.813. The fourth-order valence-electron chi connectivity index (χ4n) is 3.28. The molecule has 1 saturated carbocycles. The molecular formula is C15H27N3. The molecule has 0 bridgehead atoms. The van der Waals surface area contributed by atoms with Crippen LogP contribution >= 0.6 is 0 Å². The molecule has 3 nitrogen and oxygen atoms in total. The first-order valence-corrected chi connectivity index (χ1v) is 7.45. The van der Waals surface area contributed by atoms with Gasteiger partial charge in [-0.05, 0) is 44.7 Å². The van der Waals surface area contributed by atoms with Crippen LogP contribution in [-0.2, 0) is 13.5 Å². The maximum atomic E-state index is 4.24. The summed E-state index contributed by atoms with van der Waals surface area (Å²) in [5.41, 5.74) is 1.35. The van der Waals surface area contributed by atoms with Gasteiger partial charge < -0.3 is 5.32 Å². The van der Waals surface area contributed by atoms with Gasteiger partial charge in [0.25, 0.3) is 0 Å². The number of aryl methyl sites for hydroxylation is 2. The zero-order valence-corrected chi connectivity index (χ0v) is 11.9. The Morgan fingerprint density at radius 1 is 1.33 bits per heavy atom. The molecule has 0 saturated heterocycles. The highest BCUT2D eigenvalue weighted by molar-refractivity contribution is 5.00. The molecule has 1 aliphatic carbocycles. The van der Waals surface area contributed by atoms with Crippen LogP contribution < -0.4 is 5.32 Å². The lowest BCUT2D eigenvalue weighted by Crippen LogP contribution is -2.34. The van der Waals surface area contributed by atoms with Gasteiger partial charge in [0.1, 0.15) is 0 Å². The lowest BCUT2D eigenvalue weighted by molar-refractivity contribution is 0.318. The van der Waals surface area contributed by atoms with E-state index in [4.69, 9.17) is 0 Å². The zero-order chi connectivity index (χ0) is 12.8. The van der Waals surface area contributed by atoms with Crippen molar-refractivity contribution in [3.63, 3.8) is 0 Å². The molecular weight excluding hydrogens is 222 g/mol. The summed E-state index contributed by atoms with van der Waals surface area (Å²) >= 11 is 0. The maximum absolute atomic E-state index is 4.24. The van der Waals surface area contributed by atoms with Crippen molar-refractivity contribution in [3.8, 4) is 0 Å². The van der Waals surface area contributed by atoms with E-state index in [-0.39, 0.29) is 0 Å². The van der Waals surface area contributed by atoms with E-state index in [0.717, 1.165) is 12.3 Å². The fraction of sp³-hybridized carbons (Fsp3) is 0.800. The molecule has 1 fully saturated rings. The van der Waals surface area contributed by atoms with Gasteiger partial charge in [0.15, 0.2) is 0 Å². The van der Waals surface area contributed by atoms with Crippen LogP contribution in [0.3, 0.4) is 0 Å². The van der Waals surface area contributed by atoms with Crippen molar-refractivity contribution in [2.45, 2.75) is 57.4 Å². The molecule has 0 radical (unpaired) electrons. The normalized spacial score (nSPS) is 19.7. The number of rotatable bonds is 5. The summed E-state index contributed by atoms with van der Waals surface area (Å²) in [6.07, 6.45) is 12.8. The molecule has 1 aliphatic rings. The molecule has 0 spiro atoms. The van der Waals surface area contributed by atoms with E-state index >= 15 is 0 Å². The summed E-state index contributed by atoms with van der Waals surface area (Å²) < 4.78 is 2.00. The third-order valence-corrected chi connectivity index (χ3v) is 4.47. The van der Waals surface area contributed by atoms with Gasteiger partial charge in [-0.15, -0.1) is 0 Å². The maximum Gasteiger partial charge on any atom is 0.0492 e. The Hall–Kier alpha value is -0.830. The first-order chi connectivity index (χ1) is 8.81. The highest BCUT2D eigenvalue weighted by Crippen LogP contribution is 2.27. The smallest absolute Gasteiger partial charge is 0.0492 e. The average Bonchev–Trinajstić information content (AvgIpc) is 2.65. The predicted molar refractivity (Wildman–Crippen MR) is 75.6 cm³/mol. The number of hydrogen-bond acceptors (Lipinski definition) is 2. The monoisotopic (exact) mass is 249 g/mol. The Labute approximate surface area is 111 Å². The third-order valence-electron chi connectivity index (χ3n) is 4.47. The minimum Gasteiger partial charge on any atom is -0.317 e. The van der Waals surface area contributed by atoms with Crippen molar-refractivity contribution in [3.05, 3.63) is 18.0 Å². The van der Waals surface area contributed by atoms with Crippen LogP contribution in [0, 0.1) is 5.92 Å². The minimum atomic E-state index is 0.679. The van der Waals surface area contributed by atoms with Crippen LogP contribution in [-0.4, -0.2) is 22.9 Å². The molecule has 102 valence electrons. The molecule has 0 amide bonds. The summed E-state index contributed by atoms with van der Waals surface area (Å²) in [5.74, 6) is 0.880. The van der Waals surface area contributed by atoms with Gasteiger partial charge in [0.05, 0.1) is 0 Å². The molecule has 1 unspecified atom stereocenters. The van der Waals surface area contributed by atoms with Gasteiger partial charge in [-0.1, -0.05) is 25.7 Å². The number of nitrogens with one attached hydrogen (secondary N) is 1. The third kappa shape index (κ3) is 3.58. The minimum absolute atomic E-state index is 0.679. The number of hydrogen-bond donors (Lipinski definition) is 1. The molecule has 0 aliphatic heterocycles. The molecule has 1 aromatic rings. The molecule has 2 rings (SSSR count). The summed E-state index contributed by atoms with van der Waals surface area (Å²) in [5, 5.41) is 7.80. The zero-order valence-electron chi connectivity index (χ0n) is 11.9. The summed E-state index contributed by atoms with van der Waals surface area (Å²) in [4.78, 5) is 0. The Morgan fingerprint density at radius 2 is 2.06 bits per heavy atom. The molecule has 1 heterocycles. The topological polar surface area (TPSA) is 29.9 Å². The van der Waals surface area contributed by atoms with E-state index < -0.39 is 0 Å². The SMILES string of the molecule is CNC(CCc1ccnn1C)C1CCCCCC1. The highest BCUT2D eigenvalue weighted by Gasteiger charge is 2.21. The molecule has 1 aromatic heterocycles. The van der Waals surface area contributed by atoms with Crippen LogP contribution in [0.1, 0.15) is 50.6 Å². The predicted octanol–water partition coefficient (Wildman–Crippen LogP) is 2.91. The Balaban J connectivity index is 1.86. The van der Waals surface area contributed by atoms with Crippen LogP contribution in [0.25, 0.3) is 0 Å². The molecule has 3 heteroatoms. The van der Waals surface area contributed by atoms with Crippen molar-refractivity contribution in [2.75, 3.05) is 7.05 Å². The van der Waals surface area contributed by atoms with Crippen LogP contribution in [0.15, 0.2) is 12.3 Å². The van der Waals surface area contributed by atoms with Gasteiger partial charge in [0.2, 0.25) is 0 Å². The van der Waals surface area contributed by atoms with Crippen molar-refractivity contribution < 1.29 is 0 Å². The standard InChI is InChI=1S/C15H27N3/c1-16-15(13-7-5-3-4-6-8-13)10-9-14-11-12-17-18(14)2/h11-13,15-16H,3-10H2,1-2H3. The van der Waals surface area contributed by atoms with Crippen molar-refractivity contribution in [1.82, 2.24) is 15.1 Å². The lowest BCUT2D eigenvalue weighted by Gasteiger charge is -2.25. The Kier molecular flexibility index (Phi) is 5.24. The molecule has 1 atom stereocenters. The van der Waals surface area contributed by atoms with Crippen molar-refractivity contribution >= 4 is 0 Å². The number of nitrogens with zero attached hydrogens (tertiary/aromatic N) is 2. The van der Waals surface area contributed by atoms with E-state index in [1.165, 1.54) is 50.6 Å². The van der Waals surface area contributed by atoms with Gasteiger partial charge in [-0.25, -0.2) is 0 Å². The average molecular weight is 249 g/mol. The summed E-state index contributed by atoms with van der Waals surface area (Å²) in [6, 6.07) is 2.82. The molecule has 0 aromatic carbocycles. The van der Waals surface area contributed by atoms with Crippen LogP contribution in [0.2, 0.25) is 0 Å². The van der Waals surface area contributed by atoms with Gasteiger partial charge in [0, 0.05) is 25.0 Å².